The van der Waals surface area contributed by atoms with Gasteiger partial charge in [0, 0.05) is 5.39 Å². The van der Waals surface area contributed by atoms with Crippen molar-refractivity contribution in [1.29, 1.82) is 0 Å². The molecule has 0 radical (unpaired) electrons. The summed E-state index contributed by atoms with van der Waals surface area (Å²) in [6.45, 7) is 2.03. The molecule has 0 unspecified atom stereocenters. The summed E-state index contributed by atoms with van der Waals surface area (Å²) >= 11 is 0. The average molecular weight is 241 g/mol. The van der Waals surface area contributed by atoms with E-state index in [-0.39, 0.29) is 5.91 Å². The van der Waals surface area contributed by atoms with Crippen LogP contribution in [0.25, 0.3) is 10.9 Å². The third-order valence-corrected chi connectivity index (χ3v) is 3.34. The van der Waals surface area contributed by atoms with E-state index < -0.39 is 5.54 Å². The normalized spacial score (nSPS) is 16.6. The highest BCUT2D eigenvalue weighted by atomic mass is 16.2. The van der Waals surface area contributed by atoms with Crippen LogP contribution in [0, 0.1) is 6.92 Å². The lowest BCUT2D eigenvalue weighted by atomic mass is 10.1. The Labute approximate surface area is 105 Å². The van der Waals surface area contributed by atoms with Gasteiger partial charge in [-0.25, -0.2) is 0 Å². The number of aromatic nitrogens is 1. The maximum absolute atomic E-state index is 11.8. The molecule has 1 aliphatic carbocycles. The Kier molecular flexibility index (Phi) is 2.35. The Morgan fingerprint density at radius 1 is 1.39 bits per heavy atom. The van der Waals surface area contributed by atoms with Crippen LogP contribution in [-0.4, -0.2) is 16.4 Å². The number of aryl methyl sites for hydroxylation is 1. The Bertz CT molecular complexity index is 632. The molecule has 0 spiro atoms. The van der Waals surface area contributed by atoms with Gasteiger partial charge in [0.25, 0.3) is 0 Å². The molecule has 1 aliphatic rings. The summed E-state index contributed by atoms with van der Waals surface area (Å²) in [7, 11) is 0. The Morgan fingerprint density at radius 2 is 2.17 bits per heavy atom. The van der Waals surface area contributed by atoms with Gasteiger partial charge in [-0.05, 0) is 38.0 Å². The molecular weight excluding hydrogens is 226 g/mol. The topological polar surface area (TPSA) is 68.0 Å². The number of fused-ring (bicyclic) bond motifs is 1. The van der Waals surface area contributed by atoms with Gasteiger partial charge in [-0.2, -0.15) is 0 Å². The minimum atomic E-state index is -0.651. The van der Waals surface area contributed by atoms with Crippen molar-refractivity contribution >= 4 is 22.5 Å². The highest BCUT2D eigenvalue weighted by molar-refractivity contribution is 6.01. The van der Waals surface area contributed by atoms with Crippen LogP contribution in [0.1, 0.15) is 18.4 Å². The SMILES string of the molecule is Cc1ccc2ncc(NC(=O)C3(N)CC3)cc2c1. The second kappa shape index (κ2) is 3.78. The number of benzene rings is 1. The van der Waals surface area contributed by atoms with Crippen molar-refractivity contribution in [3.63, 3.8) is 0 Å². The summed E-state index contributed by atoms with van der Waals surface area (Å²) in [5.74, 6) is -0.115. The van der Waals surface area contributed by atoms with E-state index in [1.165, 1.54) is 5.56 Å². The maximum Gasteiger partial charge on any atom is 0.244 e. The minimum absolute atomic E-state index is 0.115. The third-order valence-electron chi connectivity index (χ3n) is 3.34. The molecule has 1 heterocycles. The highest BCUT2D eigenvalue weighted by Crippen LogP contribution is 2.33. The van der Waals surface area contributed by atoms with Crippen LogP contribution in [0.2, 0.25) is 0 Å². The first-order valence-electron chi connectivity index (χ1n) is 6.04. The molecule has 1 fully saturated rings. The predicted molar refractivity (Wildman–Crippen MR) is 71.3 cm³/mol. The molecule has 1 saturated carbocycles. The van der Waals surface area contributed by atoms with Crippen LogP contribution in [-0.2, 0) is 4.79 Å². The molecule has 0 saturated heterocycles. The number of anilines is 1. The monoisotopic (exact) mass is 241 g/mol. The van der Waals surface area contributed by atoms with Crippen molar-refractivity contribution in [3.05, 3.63) is 36.0 Å². The van der Waals surface area contributed by atoms with Crippen molar-refractivity contribution in [2.24, 2.45) is 5.73 Å². The molecule has 3 rings (SSSR count). The van der Waals surface area contributed by atoms with Gasteiger partial charge < -0.3 is 11.1 Å². The number of carbonyl (C=O) groups is 1. The number of nitrogens with two attached hydrogens (primary N) is 1. The predicted octanol–water partition coefficient (Wildman–Crippen LogP) is 1.97. The first-order chi connectivity index (χ1) is 8.57. The summed E-state index contributed by atoms with van der Waals surface area (Å²) in [5, 5.41) is 3.85. The molecule has 2 aromatic rings. The third kappa shape index (κ3) is 1.95. The molecule has 18 heavy (non-hydrogen) atoms. The van der Waals surface area contributed by atoms with E-state index in [1.807, 2.05) is 31.2 Å². The molecule has 4 nitrogen and oxygen atoms in total. The number of carbonyl (C=O) groups excluding carboxylic acids is 1. The number of hydrogen-bond donors (Lipinski definition) is 2. The Balaban J connectivity index is 1.90. The van der Waals surface area contributed by atoms with Crippen molar-refractivity contribution in [1.82, 2.24) is 4.98 Å². The zero-order valence-electron chi connectivity index (χ0n) is 10.2. The lowest BCUT2D eigenvalue weighted by Gasteiger charge is -2.10. The van der Waals surface area contributed by atoms with E-state index in [9.17, 15) is 4.79 Å². The second-order valence-corrected chi connectivity index (χ2v) is 5.03. The van der Waals surface area contributed by atoms with Crippen LogP contribution in [0.5, 0.6) is 0 Å². The zero-order chi connectivity index (χ0) is 12.8. The lowest BCUT2D eigenvalue weighted by molar-refractivity contribution is -0.118. The molecule has 1 aromatic heterocycles. The van der Waals surface area contributed by atoms with E-state index in [2.05, 4.69) is 10.3 Å². The molecule has 4 heteroatoms. The van der Waals surface area contributed by atoms with Crippen LogP contribution >= 0.6 is 0 Å². The largest absolute Gasteiger partial charge is 0.323 e. The number of amides is 1. The molecule has 92 valence electrons. The van der Waals surface area contributed by atoms with Gasteiger partial charge in [-0.15, -0.1) is 0 Å². The van der Waals surface area contributed by atoms with Crippen molar-refractivity contribution in [2.75, 3.05) is 5.32 Å². The van der Waals surface area contributed by atoms with E-state index in [1.54, 1.807) is 6.20 Å². The van der Waals surface area contributed by atoms with Gasteiger partial charge in [-0.1, -0.05) is 11.6 Å². The molecule has 0 aliphatic heterocycles. The van der Waals surface area contributed by atoms with Crippen molar-refractivity contribution in [2.45, 2.75) is 25.3 Å². The molecule has 0 atom stereocenters. The summed E-state index contributed by atoms with van der Waals surface area (Å²) in [6.07, 6.45) is 3.19. The smallest absolute Gasteiger partial charge is 0.244 e. The Hall–Kier alpha value is -1.94. The van der Waals surface area contributed by atoms with Crippen LogP contribution in [0.3, 0.4) is 0 Å². The summed E-state index contributed by atoms with van der Waals surface area (Å²) < 4.78 is 0. The minimum Gasteiger partial charge on any atom is -0.323 e. The van der Waals surface area contributed by atoms with Gasteiger partial charge >= 0.3 is 0 Å². The quantitative estimate of drug-likeness (QED) is 0.844. The van der Waals surface area contributed by atoms with Gasteiger partial charge in [0.15, 0.2) is 0 Å². The number of nitrogens with zero attached hydrogens (tertiary/aromatic N) is 1. The number of nitrogens with one attached hydrogen (secondary N) is 1. The van der Waals surface area contributed by atoms with Crippen LogP contribution < -0.4 is 11.1 Å². The maximum atomic E-state index is 11.8. The second-order valence-electron chi connectivity index (χ2n) is 5.03. The van der Waals surface area contributed by atoms with Gasteiger partial charge in [0.2, 0.25) is 5.91 Å². The van der Waals surface area contributed by atoms with E-state index in [4.69, 9.17) is 5.73 Å². The summed E-state index contributed by atoms with van der Waals surface area (Å²) in [6, 6.07) is 7.97. The molecule has 1 amide bonds. The molecular formula is C14H15N3O. The first kappa shape index (κ1) is 11.2. The van der Waals surface area contributed by atoms with Crippen molar-refractivity contribution in [3.8, 4) is 0 Å². The van der Waals surface area contributed by atoms with Gasteiger partial charge in [-0.3, -0.25) is 9.78 Å². The van der Waals surface area contributed by atoms with E-state index in [0.29, 0.717) is 5.69 Å². The fourth-order valence-electron chi connectivity index (χ4n) is 1.94. The van der Waals surface area contributed by atoms with Crippen molar-refractivity contribution < 1.29 is 4.79 Å². The molecule has 3 N–H and O–H groups in total. The first-order valence-corrected chi connectivity index (χ1v) is 6.04. The van der Waals surface area contributed by atoms with Crippen LogP contribution in [0.15, 0.2) is 30.5 Å². The summed E-state index contributed by atoms with van der Waals surface area (Å²) in [4.78, 5) is 16.2. The van der Waals surface area contributed by atoms with Gasteiger partial charge in [0.05, 0.1) is 22.9 Å². The zero-order valence-corrected chi connectivity index (χ0v) is 10.2. The number of rotatable bonds is 2. The lowest BCUT2D eigenvalue weighted by Crippen LogP contribution is -2.37. The van der Waals surface area contributed by atoms with Gasteiger partial charge in [0.1, 0.15) is 0 Å². The molecule has 0 bridgehead atoms. The standard InChI is InChI=1S/C14H15N3O/c1-9-2-3-12-10(6-9)7-11(8-16-12)17-13(18)14(15)4-5-14/h2-3,6-8H,4-5,15H2,1H3,(H,17,18). The fraction of sp³-hybridized carbons (Fsp3) is 0.286. The van der Waals surface area contributed by atoms with E-state index in [0.717, 1.165) is 23.7 Å². The number of pyridine rings is 1. The Morgan fingerprint density at radius 3 is 2.89 bits per heavy atom. The summed E-state index contributed by atoms with van der Waals surface area (Å²) in [5.41, 5.74) is 7.99. The highest BCUT2D eigenvalue weighted by Gasteiger charge is 2.45. The molecule has 1 aromatic carbocycles. The van der Waals surface area contributed by atoms with E-state index >= 15 is 0 Å². The van der Waals surface area contributed by atoms with Crippen LogP contribution in [0.4, 0.5) is 5.69 Å². The fourth-order valence-corrected chi connectivity index (χ4v) is 1.94. The number of hydrogen-bond acceptors (Lipinski definition) is 3. The average Bonchev–Trinajstić information content (AvgIpc) is 3.08.